The Morgan fingerprint density at radius 2 is 1.86 bits per heavy atom. The molecule has 0 saturated heterocycles. The second kappa shape index (κ2) is 10.2. The van der Waals surface area contributed by atoms with Crippen LogP contribution in [-0.4, -0.2) is 52.4 Å². The van der Waals surface area contributed by atoms with E-state index in [1.54, 1.807) is 0 Å². The number of hydrogen-bond donors (Lipinski definition) is 2. The maximum Gasteiger partial charge on any atom is 0.308 e. The van der Waals surface area contributed by atoms with Crippen LogP contribution in [0.1, 0.15) is 68.1 Å². The number of ether oxygens (including phenoxy) is 2. The molecule has 36 heavy (non-hydrogen) atoms. The molecule has 2 N–H and O–H groups in total. The van der Waals surface area contributed by atoms with Crippen molar-refractivity contribution in [3.63, 3.8) is 0 Å². The van der Waals surface area contributed by atoms with E-state index >= 15 is 0 Å². The zero-order valence-electron chi connectivity index (χ0n) is 21.1. The van der Waals surface area contributed by atoms with Gasteiger partial charge in [-0.2, -0.15) is 0 Å². The van der Waals surface area contributed by atoms with Gasteiger partial charge in [-0.15, -0.1) is 0 Å². The Morgan fingerprint density at radius 1 is 1.08 bits per heavy atom. The van der Waals surface area contributed by atoms with Crippen molar-refractivity contribution in [2.75, 3.05) is 19.1 Å². The number of aliphatic hydroxyl groups excluding tert-OH is 2. The third kappa shape index (κ3) is 4.27. The Morgan fingerprint density at radius 3 is 2.58 bits per heavy atom. The fraction of sp³-hybridized carbons (Fsp3) is 0.500. The van der Waals surface area contributed by atoms with Gasteiger partial charge in [-0.3, -0.25) is 4.79 Å². The van der Waals surface area contributed by atoms with Crippen LogP contribution in [0.5, 0.6) is 0 Å². The van der Waals surface area contributed by atoms with E-state index < -0.39 is 12.5 Å². The van der Waals surface area contributed by atoms with Crippen molar-refractivity contribution in [3.8, 4) is 0 Å². The Kier molecular flexibility index (Phi) is 7.01. The number of aromatic nitrogens is 2. The van der Waals surface area contributed by atoms with E-state index in [1.165, 1.54) is 14.2 Å². The third-order valence-electron chi connectivity index (χ3n) is 7.89. The topological polar surface area (TPSA) is 97.0 Å². The molecule has 5 rings (SSSR count). The van der Waals surface area contributed by atoms with Crippen molar-refractivity contribution in [3.05, 3.63) is 59.4 Å². The zero-order chi connectivity index (χ0) is 25.4. The van der Waals surface area contributed by atoms with Gasteiger partial charge in [0.25, 0.3) is 0 Å². The first-order chi connectivity index (χ1) is 17.4. The molecule has 0 spiro atoms. The number of hydrogen-bond acceptors (Lipinski definition) is 7. The highest BCUT2D eigenvalue weighted by molar-refractivity contribution is 5.86. The molecule has 8 nitrogen and oxygen atoms in total. The number of aliphatic hydroxyl groups is 2. The molecule has 1 saturated carbocycles. The molecule has 1 aliphatic heterocycles. The van der Waals surface area contributed by atoms with Crippen LogP contribution in [0.3, 0.4) is 0 Å². The van der Waals surface area contributed by atoms with Crippen LogP contribution < -0.4 is 4.90 Å². The van der Waals surface area contributed by atoms with E-state index in [2.05, 4.69) is 11.5 Å². The van der Waals surface area contributed by atoms with Crippen molar-refractivity contribution in [1.82, 2.24) is 9.55 Å². The summed E-state index contributed by atoms with van der Waals surface area (Å²) >= 11 is 0. The molecule has 2 aromatic carbocycles. The van der Waals surface area contributed by atoms with Gasteiger partial charge in [0.05, 0.1) is 24.1 Å². The standard InChI is InChI=1S/C28H35N3O5/c1-17-12-13-21-22(30(17)28(34)36-3)14-15-23-24(21)29-26(25(32)18-8-5-4-6-9-18)31(23)20-11-7-10-19(16-20)27(33)35-2/h4-6,8-9,14-15,17,19-20,25,28,32,34H,7,10-13,16H2,1-3H3/t17-,19+,20+,25+,28?/m0/s1. The molecule has 1 aliphatic carbocycles. The summed E-state index contributed by atoms with van der Waals surface area (Å²) in [5, 5.41) is 22.1. The number of esters is 1. The summed E-state index contributed by atoms with van der Waals surface area (Å²) < 4.78 is 12.5. The Bertz CT molecular complexity index is 1230. The molecular weight excluding hydrogens is 458 g/mol. The maximum atomic E-state index is 12.4. The molecule has 8 heteroatoms. The van der Waals surface area contributed by atoms with E-state index in [0.717, 1.165) is 60.0 Å². The fourth-order valence-electron chi connectivity index (χ4n) is 6.03. The van der Waals surface area contributed by atoms with Crippen molar-refractivity contribution in [2.45, 2.75) is 70.1 Å². The highest BCUT2D eigenvalue weighted by atomic mass is 16.6. The summed E-state index contributed by atoms with van der Waals surface area (Å²) in [6.07, 6.45) is 2.97. The number of imidazole rings is 1. The molecule has 0 radical (unpaired) electrons. The van der Waals surface area contributed by atoms with Crippen LogP contribution in [0.25, 0.3) is 11.0 Å². The second-order valence-corrected chi connectivity index (χ2v) is 9.98. The molecule has 2 aliphatic rings. The van der Waals surface area contributed by atoms with E-state index in [9.17, 15) is 15.0 Å². The summed E-state index contributed by atoms with van der Waals surface area (Å²) in [6, 6.07) is 13.7. The number of carbonyl (C=O) groups excluding carboxylic acids is 1. The van der Waals surface area contributed by atoms with Crippen LogP contribution >= 0.6 is 0 Å². The van der Waals surface area contributed by atoms with E-state index in [4.69, 9.17) is 14.5 Å². The minimum absolute atomic E-state index is 0.0162. The van der Waals surface area contributed by atoms with Crippen LogP contribution in [0.15, 0.2) is 42.5 Å². The van der Waals surface area contributed by atoms with Gasteiger partial charge in [0.2, 0.25) is 6.41 Å². The van der Waals surface area contributed by atoms with Crippen molar-refractivity contribution < 1.29 is 24.5 Å². The number of anilines is 1. The first kappa shape index (κ1) is 24.7. The SMILES string of the molecule is COC(=O)[C@@H]1CCC[C@@H](n2c([C@H](O)c3ccccc3)nc3c4c(ccc32)N(C(O)OC)[C@@H](C)CC4)C1. The maximum absolute atomic E-state index is 12.4. The van der Waals surface area contributed by atoms with Crippen molar-refractivity contribution in [1.29, 1.82) is 0 Å². The number of nitrogens with zero attached hydrogens (tertiary/aromatic N) is 3. The van der Waals surface area contributed by atoms with Gasteiger partial charge in [-0.25, -0.2) is 4.98 Å². The van der Waals surface area contributed by atoms with Crippen LogP contribution in [0.4, 0.5) is 5.69 Å². The van der Waals surface area contributed by atoms with Gasteiger partial charge in [0.1, 0.15) is 11.9 Å². The number of carbonyl (C=O) groups is 1. The molecule has 192 valence electrons. The van der Waals surface area contributed by atoms with Gasteiger partial charge >= 0.3 is 5.97 Å². The van der Waals surface area contributed by atoms with Crippen molar-refractivity contribution in [2.24, 2.45) is 5.92 Å². The third-order valence-corrected chi connectivity index (χ3v) is 7.89. The molecule has 2 heterocycles. The van der Waals surface area contributed by atoms with Crippen molar-refractivity contribution >= 4 is 22.7 Å². The average molecular weight is 494 g/mol. The first-order valence-electron chi connectivity index (χ1n) is 12.8. The van der Waals surface area contributed by atoms with Gasteiger partial charge in [-0.1, -0.05) is 36.8 Å². The zero-order valence-corrected chi connectivity index (χ0v) is 21.1. The minimum atomic E-state index is -1.05. The lowest BCUT2D eigenvalue weighted by Crippen LogP contribution is -2.45. The molecular formula is C28H35N3O5. The number of benzene rings is 2. The summed E-state index contributed by atoms with van der Waals surface area (Å²) in [5.41, 5.74) is 4.49. The summed E-state index contributed by atoms with van der Waals surface area (Å²) in [7, 11) is 2.94. The smallest absolute Gasteiger partial charge is 0.308 e. The van der Waals surface area contributed by atoms with Gasteiger partial charge in [0.15, 0.2) is 0 Å². The lowest BCUT2D eigenvalue weighted by Gasteiger charge is -2.39. The highest BCUT2D eigenvalue weighted by Gasteiger charge is 2.35. The van der Waals surface area contributed by atoms with Crippen LogP contribution in [0, 0.1) is 5.92 Å². The molecule has 1 aromatic heterocycles. The fourth-order valence-corrected chi connectivity index (χ4v) is 6.03. The lowest BCUT2D eigenvalue weighted by atomic mass is 9.85. The second-order valence-electron chi connectivity index (χ2n) is 9.98. The highest BCUT2D eigenvalue weighted by Crippen LogP contribution is 2.42. The minimum Gasteiger partial charge on any atom is -0.469 e. The van der Waals surface area contributed by atoms with E-state index in [0.29, 0.717) is 12.2 Å². The number of methoxy groups -OCH3 is 2. The Labute approximate surface area is 211 Å². The summed E-state index contributed by atoms with van der Waals surface area (Å²) in [6.45, 7) is 2.08. The van der Waals surface area contributed by atoms with Crippen LogP contribution in [-0.2, 0) is 20.7 Å². The predicted octanol–water partition coefficient (Wildman–Crippen LogP) is 4.09. The molecule has 1 fully saturated rings. The Balaban J connectivity index is 1.67. The monoisotopic (exact) mass is 493 g/mol. The molecule has 0 amide bonds. The number of rotatable bonds is 6. The number of fused-ring (bicyclic) bond motifs is 3. The molecule has 5 atom stereocenters. The van der Waals surface area contributed by atoms with Gasteiger partial charge in [0, 0.05) is 30.4 Å². The summed E-state index contributed by atoms with van der Waals surface area (Å²) in [4.78, 5) is 19.3. The quantitative estimate of drug-likeness (QED) is 0.394. The van der Waals surface area contributed by atoms with Crippen LogP contribution in [0.2, 0.25) is 0 Å². The largest absolute Gasteiger partial charge is 0.469 e. The van der Waals surface area contributed by atoms with E-state index in [1.807, 2.05) is 47.4 Å². The van der Waals surface area contributed by atoms with E-state index in [-0.39, 0.29) is 24.0 Å². The summed E-state index contributed by atoms with van der Waals surface area (Å²) in [5.74, 6) is 0.237. The predicted molar refractivity (Wildman–Crippen MR) is 137 cm³/mol. The molecule has 0 bridgehead atoms. The Hall–Kier alpha value is -2.94. The first-order valence-corrected chi connectivity index (χ1v) is 12.8. The van der Waals surface area contributed by atoms with Gasteiger partial charge < -0.3 is 29.2 Å². The van der Waals surface area contributed by atoms with Gasteiger partial charge in [-0.05, 0) is 56.7 Å². The molecule has 1 unspecified atom stereocenters. The average Bonchev–Trinajstić information content (AvgIpc) is 3.32. The number of aryl methyl sites for hydroxylation is 1. The normalized spacial score (nSPS) is 23.8. The lowest BCUT2D eigenvalue weighted by molar-refractivity contribution is -0.147. The molecule has 3 aromatic rings.